The quantitative estimate of drug-likeness (QED) is 0.833. The minimum absolute atomic E-state index is 0.727. The molecule has 1 saturated heterocycles. The first-order chi connectivity index (χ1) is 9.80. The van der Waals surface area contributed by atoms with Crippen LogP contribution in [0, 0.1) is 5.92 Å². The van der Waals surface area contributed by atoms with Crippen LogP contribution in [0.15, 0.2) is 0 Å². The molecular formula is C16H29N3O. The Labute approximate surface area is 122 Å². The second-order valence-electron chi connectivity index (χ2n) is 5.60. The van der Waals surface area contributed by atoms with Crippen molar-refractivity contribution < 1.29 is 4.74 Å². The zero-order valence-electron chi connectivity index (χ0n) is 13.2. The predicted molar refractivity (Wildman–Crippen MR) is 81.9 cm³/mol. The van der Waals surface area contributed by atoms with Gasteiger partial charge in [0.2, 0.25) is 0 Å². The lowest BCUT2D eigenvalue weighted by Crippen LogP contribution is -2.22. The topological polar surface area (TPSA) is 39.1 Å². The van der Waals surface area contributed by atoms with Gasteiger partial charge in [-0.2, -0.15) is 5.10 Å². The van der Waals surface area contributed by atoms with Crippen molar-refractivity contribution in [3.05, 3.63) is 17.0 Å². The molecule has 0 aromatic carbocycles. The average Bonchev–Trinajstić information content (AvgIpc) is 2.82. The zero-order valence-corrected chi connectivity index (χ0v) is 13.2. The highest BCUT2D eigenvalue weighted by Crippen LogP contribution is 2.21. The van der Waals surface area contributed by atoms with Crippen LogP contribution in [-0.2, 0) is 30.7 Å². The van der Waals surface area contributed by atoms with Gasteiger partial charge in [0, 0.05) is 37.6 Å². The molecule has 1 aromatic rings. The molecule has 1 N–H and O–H groups in total. The molecule has 2 rings (SSSR count). The van der Waals surface area contributed by atoms with Gasteiger partial charge >= 0.3 is 0 Å². The summed E-state index contributed by atoms with van der Waals surface area (Å²) in [5.41, 5.74) is 4.13. The van der Waals surface area contributed by atoms with Crippen LogP contribution in [0.5, 0.6) is 0 Å². The lowest BCUT2D eigenvalue weighted by Gasteiger charge is -2.22. The summed E-state index contributed by atoms with van der Waals surface area (Å²) in [6, 6.07) is 0. The monoisotopic (exact) mass is 279 g/mol. The molecule has 114 valence electrons. The lowest BCUT2D eigenvalue weighted by atomic mass is 10.0. The Hall–Kier alpha value is -0.870. The van der Waals surface area contributed by atoms with Crippen LogP contribution < -0.4 is 5.32 Å². The third-order valence-electron chi connectivity index (χ3n) is 4.24. The fourth-order valence-corrected chi connectivity index (χ4v) is 3.05. The second kappa shape index (κ2) is 7.79. The predicted octanol–water partition coefficient (Wildman–Crippen LogP) is 2.54. The van der Waals surface area contributed by atoms with Gasteiger partial charge in [-0.1, -0.05) is 20.8 Å². The van der Waals surface area contributed by atoms with Gasteiger partial charge in [-0.15, -0.1) is 0 Å². The van der Waals surface area contributed by atoms with E-state index in [1.807, 2.05) is 0 Å². The molecule has 0 unspecified atom stereocenters. The number of ether oxygens (including phenoxy) is 1. The van der Waals surface area contributed by atoms with Gasteiger partial charge in [0.25, 0.3) is 0 Å². The van der Waals surface area contributed by atoms with Crippen LogP contribution in [0.4, 0.5) is 0 Å². The minimum atomic E-state index is 0.727. The number of aryl methyl sites for hydroxylation is 1. The highest BCUT2D eigenvalue weighted by Gasteiger charge is 2.19. The van der Waals surface area contributed by atoms with Gasteiger partial charge in [-0.05, 0) is 38.1 Å². The first kappa shape index (κ1) is 15.5. The highest BCUT2D eigenvalue weighted by atomic mass is 16.5. The number of rotatable bonds is 7. The lowest BCUT2D eigenvalue weighted by molar-refractivity contribution is 0.0598. The average molecular weight is 279 g/mol. The van der Waals surface area contributed by atoms with Gasteiger partial charge in [0.15, 0.2) is 0 Å². The van der Waals surface area contributed by atoms with E-state index in [4.69, 9.17) is 9.84 Å². The summed E-state index contributed by atoms with van der Waals surface area (Å²) in [5.74, 6) is 0.727. The van der Waals surface area contributed by atoms with Crippen molar-refractivity contribution in [1.82, 2.24) is 15.1 Å². The van der Waals surface area contributed by atoms with E-state index in [-0.39, 0.29) is 0 Å². The summed E-state index contributed by atoms with van der Waals surface area (Å²) in [7, 11) is 0. The Morgan fingerprint density at radius 1 is 1.20 bits per heavy atom. The second-order valence-corrected chi connectivity index (χ2v) is 5.60. The van der Waals surface area contributed by atoms with E-state index in [0.29, 0.717) is 0 Å². The fourth-order valence-electron chi connectivity index (χ4n) is 3.05. The molecule has 1 aromatic heterocycles. The molecule has 0 aliphatic carbocycles. The van der Waals surface area contributed by atoms with Crippen molar-refractivity contribution in [3.8, 4) is 0 Å². The van der Waals surface area contributed by atoms with Crippen LogP contribution in [0.3, 0.4) is 0 Å². The Kier molecular flexibility index (Phi) is 6.05. The van der Waals surface area contributed by atoms with Gasteiger partial charge < -0.3 is 10.1 Å². The third kappa shape index (κ3) is 3.61. The normalized spacial score (nSPS) is 16.8. The molecule has 1 aliphatic rings. The molecule has 1 fully saturated rings. The molecular weight excluding hydrogens is 250 g/mol. The van der Waals surface area contributed by atoms with Crippen molar-refractivity contribution in [2.75, 3.05) is 19.8 Å². The van der Waals surface area contributed by atoms with E-state index in [9.17, 15) is 0 Å². The van der Waals surface area contributed by atoms with Crippen LogP contribution in [0.1, 0.15) is 50.6 Å². The van der Waals surface area contributed by atoms with E-state index in [2.05, 4.69) is 30.8 Å². The molecule has 4 nitrogen and oxygen atoms in total. The summed E-state index contributed by atoms with van der Waals surface area (Å²) in [6.07, 6.45) is 4.44. The fraction of sp³-hybridized carbons (Fsp3) is 0.812. The first-order valence-corrected chi connectivity index (χ1v) is 8.15. The molecule has 2 heterocycles. The number of nitrogens with zero attached hydrogens (tertiary/aromatic N) is 2. The van der Waals surface area contributed by atoms with Crippen molar-refractivity contribution >= 4 is 0 Å². The SMILES string of the molecule is CCNCc1c(CC)nn(CC2CCOCC2)c1CC. The Morgan fingerprint density at radius 3 is 2.55 bits per heavy atom. The van der Waals surface area contributed by atoms with Crippen LogP contribution in [-0.4, -0.2) is 29.5 Å². The molecule has 0 amide bonds. The van der Waals surface area contributed by atoms with Crippen molar-refractivity contribution in [1.29, 1.82) is 0 Å². The molecule has 4 heteroatoms. The molecule has 20 heavy (non-hydrogen) atoms. The Bertz CT molecular complexity index is 408. The van der Waals surface area contributed by atoms with E-state index in [1.165, 1.54) is 29.8 Å². The smallest absolute Gasteiger partial charge is 0.0669 e. The molecule has 0 spiro atoms. The molecule has 0 saturated carbocycles. The first-order valence-electron chi connectivity index (χ1n) is 8.15. The molecule has 0 radical (unpaired) electrons. The van der Waals surface area contributed by atoms with Gasteiger partial charge in [0.1, 0.15) is 0 Å². The molecule has 0 atom stereocenters. The van der Waals surface area contributed by atoms with E-state index >= 15 is 0 Å². The van der Waals surface area contributed by atoms with Crippen LogP contribution in [0.2, 0.25) is 0 Å². The van der Waals surface area contributed by atoms with Crippen LogP contribution >= 0.6 is 0 Å². The summed E-state index contributed by atoms with van der Waals surface area (Å²) in [4.78, 5) is 0. The Balaban J connectivity index is 2.15. The Morgan fingerprint density at radius 2 is 1.95 bits per heavy atom. The summed E-state index contributed by atoms with van der Waals surface area (Å²) in [5, 5.41) is 8.34. The number of nitrogens with one attached hydrogen (secondary N) is 1. The van der Waals surface area contributed by atoms with Crippen molar-refractivity contribution in [2.24, 2.45) is 5.92 Å². The molecule has 1 aliphatic heterocycles. The maximum absolute atomic E-state index is 5.46. The highest BCUT2D eigenvalue weighted by molar-refractivity contribution is 5.26. The largest absolute Gasteiger partial charge is 0.381 e. The summed E-state index contributed by atoms with van der Waals surface area (Å²) in [6.45, 7) is 11.5. The van der Waals surface area contributed by atoms with E-state index in [0.717, 1.165) is 51.6 Å². The zero-order chi connectivity index (χ0) is 14.4. The molecule has 0 bridgehead atoms. The summed E-state index contributed by atoms with van der Waals surface area (Å²) < 4.78 is 7.74. The van der Waals surface area contributed by atoms with E-state index < -0.39 is 0 Å². The third-order valence-corrected chi connectivity index (χ3v) is 4.24. The van der Waals surface area contributed by atoms with Gasteiger partial charge in [-0.25, -0.2) is 0 Å². The van der Waals surface area contributed by atoms with Crippen molar-refractivity contribution in [3.63, 3.8) is 0 Å². The number of aromatic nitrogens is 2. The summed E-state index contributed by atoms with van der Waals surface area (Å²) >= 11 is 0. The number of hydrogen-bond donors (Lipinski definition) is 1. The van der Waals surface area contributed by atoms with Crippen LogP contribution in [0.25, 0.3) is 0 Å². The van der Waals surface area contributed by atoms with Gasteiger partial charge in [0.05, 0.1) is 5.69 Å². The number of hydrogen-bond acceptors (Lipinski definition) is 3. The standard InChI is InChI=1S/C16H29N3O/c1-4-15-14(11-17-6-3)16(5-2)19(18-15)12-13-7-9-20-10-8-13/h13,17H,4-12H2,1-3H3. The van der Waals surface area contributed by atoms with Crippen molar-refractivity contribution in [2.45, 2.75) is 59.5 Å². The van der Waals surface area contributed by atoms with E-state index in [1.54, 1.807) is 0 Å². The van der Waals surface area contributed by atoms with Gasteiger partial charge in [-0.3, -0.25) is 4.68 Å². The minimum Gasteiger partial charge on any atom is -0.381 e. The maximum Gasteiger partial charge on any atom is 0.0669 e. The maximum atomic E-state index is 5.46.